The number of carbonyl (C=O) groups excluding carboxylic acids is 2. The van der Waals surface area contributed by atoms with Crippen LogP contribution in [0.15, 0.2) is 53.2 Å². The molecule has 1 rings (SSSR count). The molecule has 3 N–H and O–H groups in total. The first-order valence-electron chi connectivity index (χ1n) is 13.5. The third kappa shape index (κ3) is 11.8. The zero-order chi connectivity index (χ0) is 28.9. The number of carbonyl (C=O) groups is 2. The zero-order valence-corrected chi connectivity index (χ0v) is 24.3. The van der Waals surface area contributed by atoms with E-state index in [1.165, 1.54) is 12.3 Å². The largest absolute Gasteiger partial charge is 0.383 e. The van der Waals surface area contributed by atoms with Crippen LogP contribution in [-0.4, -0.2) is 79.1 Å². The standard InChI is InChI=1S/C29H48BN5O3/c1-9-24(18-31-10-2)28(37)35(20-29(6,7)8)19-23(5)32-25(26(33-38)17-22(4)30)16-21(3)27(36)34-14-12-11-13-15-34/h9-10,16,18,21,23,26,32-33,38H,1,4,11-15,17,19-20H2,2-3,5-8H3/b24-18+,25-16?,31-10?/t21?,23?,26-/m1/s1. The van der Waals surface area contributed by atoms with Crippen LogP contribution in [0.3, 0.4) is 0 Å². The summed E-state index contributed by atoms with van der Waals surface area (Å²) in [5, 5.41) is 13.4. The van der Waals surface area contributed by atoms with Gasteiger partial charge in [0.05, 0.1) is 17.5 Å². The summed E-state index contributed by atoms with van der Waals surface area (Å²) in [4.78, 5) is 34.3. The Morgan fingerprint density at radius 1 is 1.21 bits per heavy atom. The van der Waals surface area contributed by atoms with E-state index in [1.54, 1.807) is 18.0 Å². The van der Waals surface area contributed by atoms with Gasteiger partial charge < -0.3 is 20.3 Å². The molecule has 0 aromatic carbocycles. The summed E-state index contributed by atoms with van der Waals surface area (Å²) in [6.07, 6.45) is 9.93. The first-order valence-corrected chi connectivity index (χ1v) is 13.5. The summed E-state index contributed by atoms with van der Waals surface area (Å²) in [5.41, 5.74) is 3.60. The van der Waals surface area contributed by atoms with Crippen molar-refractivity contribution < 1.29 is 14.8 Å². The van der Waals surface area contributed by atoms with E-state index in [2.05, 4.69) is 49.7 Å². The molecular weight excluding hydrogens is 477 g/mol. The molecule has 1 aliphatic rings. The molecule has 0 aromatic rings. The predicted molar refractivity (Wildman–Crippen MR) is 157 cm³/mol. The van der Waals surface area contributed by atoms with E-state index < -0.39 is 12.0 Å². The van der Waals surface area contributed by atoms with Crippen molar-refractivity contribution >= 4 is 25.9 Å². The van der Waals surface area contributed by atoms with Crippen molar-refractivity contribution in [3.05, 3.63) is 48.3 Å². The topological polar surface area (TPSA) is 97.3 Å². The number of hydrogen-bond donors (Lipinski definition) is 3. The molecule has 8 nitrogen and oxygen atoms in total. The second kappa shape index (κ2) is 16.3. The Kier molecular flexibility index (Phi) is 14.4. The molecule has 1 aliphatic heterocycles. The van der Waals surface area contributed by atoms with Gasteiger partial charge in [0.15, 0.2) is 0 Å². The number of nitrogens with zero attached hydrogens (tertiary/aromatic N) is 3. The highest BCUT2D eigenvalue weighted by molar-refractivity contribution is 6.21. The van der Waals surface area contributed by atoms with Gasteiger partial charge in [-0.3, -0.25) is 14.6 Å². The van der Waals surface area contributed by atoms with Gasteiger partial charge in [-0.15, -0.1) is 12.1 Å². The lowest BCUT2D eigenvalue weighted by Crippen LogP contribution is -2.48. The number of piperidine rings is 1. The molecule has 1 fully saturated rings. The lowest BCUT2D eigenvalue weighted by molar-refractivity contribution is -0.134. The van der Waals surface area contributed by atoms with Crippen molar-refractivity contribution in [1.29, 1.82) is 0 Å². The summed E-state index contributed by atoms with van der Waals surface area (Å²) < 4.78 is 0. The third-order valence-corrected chi connectivity index (χ3v) is 6.17. The number of rotatable bonds is 14. The number of hydrogen-bond acceptors (Lipinski definition) is 6. The molecule has 0 aromatic heterocycles. The van der Waals surface area contributed by atoms with Crippen molar-refractivity contribution in [1.82, 2.24) is 20.6 Å². The summed E-state index contributed by atoms with van der Waals surface area (Å²) in [6.45, 7) is 21.8. The summed E-state index contributed by atoms with van der Waals surface area (Å²) in [7, 11) is 5.87. The van der Waals surface area contributed by atoms with E-state index in [1.807, 2.05) is 24.8 Å². The van der Waals surface area contributed by atoms with Gasteiger partial charge in [0.25, 0.3) is 5.91 Å². The monoisotopic (exact) mass is 525 g/mol. The van der Waals surface area contributed by atoms with Crippen molar-refractivity contribution in [3.63, 3.8) is 0 Å². The van der Waals surface area contributed by atoms with E-state index in [4.69, 9.17) is 7.85 Å². The number of likely N-dealkylation sites (tertiary alicyclic amines) is 1. The Morgan fingerprint density at radius 2 is 1.84 bits per heavy atom. The second-order valence-electron chi connectivity index (χ2n) is 11.3. The SMILES string of the molecule is [B]C(=C)C[C@@H](NO)C(=CC(C)C(=O)N1CCCCC1)NC(C)CN(CC(C)(C)C)C(=O)/C(C=C)=C/N=CC. The van der Waals surface area contributed by atoms with Crippen LogP contribution in [0.25, 0.3) is 0 Å². The molecule has 210 valence electrons. The van der Waals surface area contributed by atoms with Gasteiger partial charge >= 0.3 is 0 Å². The minimum Gasteiger partial charge on any atom is -0.383 e. The summed E-state index contributed by atoms with van der Waals surface area (Å²) >= 11 is 0. The fraction of sp³-hybridized carbons (Fsp3) is 0.621. The van der Waals surface area contributed by atoms with Crippen LogP contribution < -0.4 is 10.8 Å². The van der Waals surface area contributed by atoms with Crippen LogP contribution in [0.5, 0.6) is 0 Å². The summed E-state index contributed by atoms with van der Waals surface area (Å²) in [5.74, 6) is -0.513. The highest BCUT2D eigenvalue weighted by atomic mass is 16.5. The normalized spacial score (nSPS) is 17.6. The molecule has 38 heavy (non-hydrogen) atoms. The molecule has 0 aliphatic carbocycles. The Hall–Kier alpha value is -2.65. The molecule has 1 heterocycles. The van der Waals surface area contributed by atoms with E-state index in [-0.39, 0.29) is 29.7 Å². The van der Waals surface area contributed by atoms with Crippen molar-refractivity contribution in [3.8, 4) is 0 Å². The van der Waals surface area contributed by atoms with Gasteiger partial charge in [-0.25, -0.2) is 0 Å². The van der Waals surface area contributed by atoms with E-state index in [9.17, 15) is 14.8 Å². The maximum atomic E-state index is 13.4. The summed E-state index contributed by atoms with van der Waals surface area (Å²) in [6, 6.07) is -0.798. The first-order chi connectivity index (χ1) is 17.8. The highest BCUT2D eigenvalue weighted by Crippen LogP contribution is 2.20. The molecule has 2 radical (unpaired) electrons. The zero-order valence-electron chi connectivity index (χ0n) is 24.3. The van der Waals surface area contributed by atoms with Crippen molar-refractivity contribution in [2.45, 2.75) is 79.3 Å². The van der Waals surface area contributed by atoms with Crippen LogP contribution in [-0.2, 0) is 9.59 Å². The minimum atomic E-state index is -0.583. The molecule has 0 spiro atoms. The number of nitrogens with one attached hydrogen (secondary N) is 2. The van der Waals surface area contributed by atoms with Gasteiger partial charge in [0.2, 0.25) is 5.91 Å². The van der Waals surface area contributed by atoms with Crippen LogP contribution in [0.2, 0.25) is 0 Å². The minimum absolute atomic E-state index is 0.0571. The fourth-order valence-electron chi connectivity index (χ4n) is 4.48. The van der Waals surface area contributed by atoms with Crippen molar-refractivity contribution in [2.24, 2.45) is 16.3 Å². The molecular formula is C29H48BN5O3. The number of hydroxylamine groups is 1. The molecule has 9 heteroatoms. The van der Waals surface area contributed by atoms with Gasteiger partial charge in [0.1, 0.15) is 7.85 Å². The lowest BCUT2D eigenvalue weighted by atomic mass is 9.89. The van der Waals surface area contributed by atoms with Crippen LogP contribution in [0.1, 0.15) is 67.2 Å². The third-order valence-electron chi connectivity index (χ3n) is 6.17. The van der Waals surface area contributed by atoms with Gasteiger partial charge in [-0.1, -0.05) is 46.4 Å². The molecule has 3 atom stereocenters. The smallest absolute Gasteiger partial charge is 0.255 e. The Bertz CT molecular complexity index is 900. The average Bonchev–Trinajstić information content (AvgIpc) is 2.85. The maximum Gasteiger partial charge on any atom is 0.255 e. The molecule has 2 unspecified atom stereocenters. The second-order valence-corrected chi connectivity index (χ2v) is 11.3. The van der Waals surface area contributed by atoms with E-state index in [0.29, 0.717) is 29.8 Å². The molecule has 0 bridgehead atoms. The van der Waals surface area contributed by atoms with Crippen LogP contribution >= 0.6 is 0 Å². The maximum absolute atomic E-state index is 13.4. The van der Waals surface area contributed by atoms with Gasteiger partial charge in [0, 0.05) is 50.3 Å². The number of aliphatic imine (C=N–C) groups is 1. The number of amides is 2. The lowest BCUT2D eigenvalue weighted by Gasteiger charge is -2.34. The van der Waals surface area contributed by atoms with E-state index >= 15 is 0 Å². The van der Waals surface area contributed by atoms with Gasteiger partial charge in [-0.05, 0) is 44.9 Å². The van der Waals surface area contributed by atoms with Crippen molar-refractivity contribution in [2.75, 3.05) is 26.2 Å². The van der Waals surface area contributed by atoms with Gasteiger partial charge in [-0.2, -0.15) is 5.48 Å². The van der Waals surface area contributed by atoms with E-state index in [0.717, 1.165) is 32.4 Å². The fourth-order valence-corrected chi connectivity index (χ4v) is 4.48. The quantitative estimate of drug-likeness (QED) is 0.105. The molecule has 2 amide bonds. The predicted octanol–water partition coefficient (Wildman–Crippen LogP) is 3.95. The molecule has 1 saturated heterocycles. The van der Waals surface area contributed by atoms with Crippen LogP contribution in [0, 0.1) is 11.3 Å². The van der Waals surface area contributed by atoms with Crippen LogP contribution in [0.4, 0.5) is 0 Å². The Balaban J connectivity index is 3.24. The highest BCUT2D eigenvalue weighted by Gasteiger charge is 2.27. The Labute approximate surface area is 231 Å². The Morgan fingerprint density at radius 3 is 2.34 bits per heavy atom. The molecule has 0 saturated carbocycles. The first kappa shape index (κ1) is 33.4. The average molecular weight is 526 g/mol.